The molecule has 0 saturated heterocycles. The molecule has 0 radical (unpaired) electrons. The van der Waals surface area contributed by atoms with E-state index < -0.39 is 0 Å². The maximum atomic E-state index is 12.0. The lowest BCUT2D eigenvalue weighted by atomic mass is 9.87. The molecule has 1 saturated carbocycles. The van der Waals surface area contributed by atoms with Crippen LogP contribution >= 0.6 is 0 Å². The highest BCUT2D eigenvalue weighted by Crippen LogP contribution is 2.25. The number of amides is 1. The maximum Gasteiger partial charge on any atom is 0.258 e. The molecular weight excluding hydrogens is 262 g/mol. The Labute approximate surface area is 128 Å². The van der Waals surface area contributed by atoms with Crippen molar-refractivity contribution in [2.45, 2.75) is 59.4 Å². The minimum Gasteiger partial charge on any atom is -0.483 e. The molecule has 21 heavy (non-hydrogen) atoms. The van der Waals surface area contributed by atoms with E-state index in [-0.39, 0.29) is 12.5 Å². The van der Waals surface area contributed by atoms with E-state index in [1.807, 2.05) is 13.8 Å². The molecule has 1 amide bonds. The topological polar surface area (TPSA) is 38.3 Å². The van der Waals surface area contributed by atoms with Crippen molar-refractivity contribution in [3.05, 3.63) is 28.8 Å². The van der Waals surface area contributed by atoms with Crippen LogP contribution in [0.3, 0.4) is 0 Å². The molecule has 0 bridgehead atoms. The zero-order valence-electron chi connectivity index (χ0n) is 13.7. The van der Waals surface area contributed by atoms with Gasteiger partial charge in [0.15, 0.2) is 6.61 Å². The Morgan fingerprint density at radius 1 is 1.14 bits per heavy atom. The smallest absolute Gasteiger partial charge is 0.258 e. The van der Waals surface area contributed by atoms with Gasteiger partial charge >= 0.3 is 0 Å². The number of rotatable bonds is 4. The van der Waals surface area contributed by atoms with Crippen LogP contribution in [0.2, 0.25) is 0 Å². The largest absolute Gasteiger partial charge is 0.483 e. The Balaban J connectivity index is 1.84. The van der Waals surface area contributed by atoms with Crippen LogP contribution in [-0.4, -0.2) is 18.6 Å². The van der Waals surface area contributed by atoms with Crippen molar-refractivity contribution in [2.24, 2.45) is 5.92 Å². The van der Waals surface area contributed by atoms with E-state index in [0.29, 0.717) is 6.04 Å². The summed E-state index contributed by atoms with van der Waals surface area (Å²) in [4.78, 5) is 12.0. The van der Waals surface area contributed by atoms with Gasteiger partial charge in [-0.05, 0) is 63.5 Å². The molecule has 1 aliphatic carbocycles. The number of aryl methyl sites for hydroxylation is 3. The number of carbonyl (C=O) groups is 1. The zero-order valence-corrected chi connectivity index (χ0v) is 13.7. The van der Waals surface area contributed by atoms with Gasteiger partial charge in [0.2, 0.25) is 0 Å². The summed E-state index contributed by atoms with van der Waals surface area (Å²) in [6.45, 7) is 8.51. The lowest BCUT2D eigenvalue weighted by Crippen LogP contribution is -2.39. The monoisotopic (exact) mass is 289 g/mol. The normalized spacial score (nSPS) is 21.9. The molecule has 0 aromatic heterocycles. The highest BCUT2D eigenvalue weighted by Gasteiger charge is 2.20. The Bertz CT molecular complexity index is 479. The van der Waals surface area contributed by atoms with Gasteiger partial charge in [-0.3, -0.25) is 4.79 Å². The SMILES string of the molecule is Cc1cc(C)c(OCC(=O)NC2CCC(C)CC2)c(C)c1. The van der Waals surface area contributed by atoms with Gasteiger partial charge < -0.3 is 10.1 Å². The van der Waals surface area contributed by atoms with Crippen LogP contribution in [0.25, 0.3) is 0 Å². The summed E-state index contributed by atoms with van der Waals surface area (Å²) < 4.78 is 5.73. The minimum atomic E-state index is -0.00562. The van der Waals surface area contributed by atoms with Crippen LogP contribution in [0.1, 0.15) is 49.3 Å². The van der Waals surface area contributed by atoms with Gasteiger partial charge in [0.25, 0.3) is 5.91 Å². The van der Waals surface area contributed by atoms with Crippen molar-refractivity contribution < 1.29 is 9.53 Å². The van der Waals surface area contributed by atoms with Crippen molar-refractivity contribution in [1.29, 1.82) is 0 Å². The summed E-state index contributed by atoms with van der Waals surface area (Å²) in [6.07, 6.45) is 4.61. The third-order valence-corrected chi connectivity index (χ3v) is 4.33. The van der Waals surface area contributed by atoms with Gasteiger partial charge in [-0.15, -0.1) is 0 Å². The van der Waals surface area contributed by atoms with Crippen molar-refractivity contribution in [3.63, 3.8) is 0 Å². The first-order chi connectivity index (χ1) is 9.95. The number of benzene rings is 1. The van der Waals surface area contributed by atoms with Crippen LogP contribution in [0.4, 0.5) is 0 Å². The lowest BCUT2D eigenvalue weighted by Gasteiger charge is -2.27. The Morgan fingerprint density at radius 2 is 1.71 bits per heavy atom. The maximum absolute atomic E-state index is 12.0. The van der Waals surface area contributed by atoms with E-state index in [4.69, 9.17) is 4.74 Å². The van der Waals surface area contributed by atoms with E-state index in [0.717, 1.165) is 35.6 Å². The van der Waals surface area contributed by atoms with Crippen molar-refractivity contribution >= 4 is 5.91 Å². The quantitative estimate of drug-likeness (QED) is 0.918. The fourth-order valence-corrected chi connectivity index (χ4v) is 3.21. The summed E-state index contributed by atoms with van der Waals surface area (Å²) in [5, 5.41) is 3.10. The Hall–Kier alpha value is -1.51. The predicted molar refractivity (Wildman–Crippen MR) is 85.7 cm³/mol. The summed E-state index contributed by atoms with van der Waals surface area (Å²) in [7, 11) is 0. The molecule has 1 fully saturated rings. The van der Waals surface area contributed by atoms with Crippen LogP contribution < -0.4 is 10.1 Å². The average molecular weight is 289 g/mol. The molecule has 1 aromatic carbocycles. The molecule has 3 heteroatoms. The number of ether oxygens (including phenoxy) is 1. The summed E-state index contributed by atoms with van der Waals surface area (Å²) in [6, 6.07) is 4.50. The Kier molecular flexibility index (Phi) is 5.27. The lowest BCUT2D eigenvalue weighted by molar-refractivity contribution is -0.124. The first kappa shape index (κ1) is 15.9. The fraction of sp³-hybridized carbons (Fsp3) is 0.611. The molecular formula is C18H27NO2. The Morgan fingerprint density at radius 3 is 2.29 bits per heavy atom. The highest BCUT2D eigenvalue weighted by atomic mass is 16.5. The summed E-state index contributed by atoms with van der Waals surface area (Å²) in [5.74, 6) is 1.63. The van der Waals surface area contributed by atoms with Gasteiger partial charge in [-0.1, -0.05) is 24.6 Å². The second-order valence-electron chi connectivity index (χ2n) is 6.54. The van der Waals surface area contributed by atoms with Crippen molar-refractivity contribution in [3.8, 4) is 5.75 Å². The predicted octanol–water partition coefficient (Wildman–Crippen LogP) is 3.69. The third kappa shape index (κ3) is 4.48. The van der Waals surface area contributed by atoms with Crippen LogP contribution in [0.15, 0.2) is 12.1 Å². The summed E-state index contributed by atoms with van der Waals surface area (Å²) in [5.41, 5.74) is 3.40. The number of hydrogen-bond donors (Lipinski definition) is 1. The van der Waals surface area contributed by atoms with E-state index >= 15 is 0 Å². The molecule has 1 N–H and O–H groups in total. The molecule has 1 aliphatic rings. The molecule has 3 nitrogen and oxygen atoms in total. The minimum absolute atomic E-state index is 0.00562. The van der Waals surface area contributed by atoms with Crippen molar-refractivity contribution in [1.82, 2.24) is 5.32 Å². The number of nitrogens with one attached hydrogen (secondary N) is 1. The standard InChI is InChI=1S/C18H27NO2/c1-12-5-7-16(8-6-12)19-17(20)11-21-18-14(3)9-13(2)10-15(18)4/h9-10,12,16H,5-8,11H2,1-4H3,(H,19,20). The molecule has 0 aliphatic heterocycles. The van der Waals surface area contributed by atoms with Gasteiger partial charge in [0, 0.05) is 6.04 Å². The van der Waals surface area contributed by atoms with E-state index in [9.17, 15) is 4.79 Å². The van der Waals surface area contributed by atoms with Crippen LogP contribution in [-0.2, 0) is 4.79 Å². The number of carbonyl (C=O) groups excluding carboxylic acids is 1. The molecule has 0 heterocycles. The van der Waals surface area contributed by atoms with E-state index in [1.54, 1.807) is 0 Å². The zero-order chi connectivity index (χ0) is 15.4. The van der Waals surface area contributed by atoms with Crippen LogP contribution in [0, 0.1) is 26.7 Å². The third-order valence-electron chi connectivity index (χ3n) is 4.33. The fourth-order valence-electron chi connectivity index (χ4n) is 3.21. The van der Waals surface area contributed by atoms with Gasteiger partial charge in [0.1, 0.15) is 5.75 Å². The second kappa shape index (κ2) is 6.97. The first-order valence-electron chi connectivity index (χ1n) is 7.95. The second-order valence-corrected chi connectivity index (χ2v) is 6.54. The van der Waals surface area contributed by atoms with E-state index in [2.05, 4.69) is 31.3 Å². The molecule has 0 unspecified atom stereocenters. The first-order valence-corrected chi connectivity index (χ1v) is 7.95. The van der Waals surface area contributed by atoms with Crippen LogP contribution in [0.5, 0.6) is 5.75 Å². The highest BCUT2D eigenvalue weighted by molar-refractivity contribution is 5.78. The van der Waals surface area contributed by atoms with E-state index in [1.165, 1.54) is 18.4 Å². The average Bonchev–Trinajstić information content (AvgIpc) is 2.40. The molecule has 0 spiro atoms. The molecule has 1 aromatic rings. The number of hydrogen-bond acceptors (Lipinski definition) is 2. The molecule has 2 rings (SSSR count). The molecule has 116 valence electrons. The van der Waals surface area contributed by atoms with Gasteiger partial charge in [-0.25, -0.2) is 0 Å². The van der Waals surface area contributed by atoms with Gasteiger partial charge in [-0.2, -0.15) is 0 Å². The molecule has 0 atom stereocenters. The van der Waals surface area contributed by atoms with Crippen molar-refractivity contribution in [2.75, 3.05) is 6.61 Å². The van der Waals surface area contributed by atoms with Gasteiger partial charge in [0.05, 0.1) is 0 Å². The summed E-state index contributed by atoms with van der Waals surface area (Å²) >= 11 is 0.